The molecule has 0 aromatic rings. The van der Waals surface area contributed by atoms with Crippen LogP contribution in [0.5, 0.6) is 0 Å². The highest BCUT2D eigenvalue weighted by molar-refractivity contribution is 5.97. The molecule has 1 aliphatic rings. The summed E-state index contributed by atoms with van der Waals surface area (Å²) < 4.78 is 45.6. The predicted octanol–water partition coefficient (Wildman–Crippen LogP) is -0.398. The molecule has 0 aromatic carbocycles. The maximum Gasteiger partial charge on any atom is 0.491 e. The molecule has 3 N–H and O–H groups in total. The lowest BCUT2D eigenvalue weighted by Crippen LogP contribution is -2.61. The Hall–Kier alpha value is -2.63. The first kappa shape index (κ1) is 22.4. The summed E-state index contributed by atoms with van der Waals surface area (Å²) in [4.78, 5) is 47.8. The molecule has 12 heteroatoms. The number of carbonyl (C=O) groups excluding carboxylic acids is 4. The van der Waals surface area contributed by atoms with E-state index < -0.39 is 53.9 Å². The third-order valence-electron chi connectivity index (χ3n) is 3.51. The van der Waals surface area contributed by atoms with Gasteiger partial charge in [-0.15, -0.1) is 0 Å². The van der Waals surface area contributed by atoms with E-state index in [1.807, 2.05) is 0 Å². The van der Waals surface area contributed by atoms with Crippen LogP contribution in [0.2, 0.25) is 0 Å². The highest BCUT2D eigenvalue weighted by Crippen LogP contribution is 2.22. The maximum absolute atomic E-state index is 12.5. The van der Waals surface area contributed by atoms with Gasteiger partial charge in [-0.25, -0.2) is 9.59 Å². The van der Waals surface area contributed by atoms with E-state index in [4.69, 9.17) is 10.5 Å². The van der Waals surface area contributed by atoms with E-state index >= 15 is 0 Å². The third kappa shape index (κ3) is 5.94. The fourth-order valence-electron chi connectivity index (χ4n) is 2.31. The number of rotatable bonds is 5. The van der Waals surface area contributed by atoms with Crippen LogP contribution < -0.4 is 11.1 Å². The van der Waals surface area contributed by atoms with Crippen LogP contribution in [-0.4, -0.2) is 66.6 Å². The second-order valence-electron chi connectivity index (χ2n) is 5.81. The number of ether oxygens (including phenoxy) is 2. The van der Waals surface area contributed by atoms with Crippen molar-refractivity contribution in [1.29, 1.82) is 0 Å². The Morgan fingerprint density at radius 2 is 1.93 bits per heavy atom. The quantitative estimate of drug-likeness (QED) is 0.479. The number of alkyl halides is 3. The Morgan fingerprint density at radius 1 is 1.33 bits per heavy atom. The van der Waals surface area contributed by atoms with Gasteiger partial charge < -0.3 is 25.4 Å². The van der Waals surface area contributed by atoms with Crippen molar-refractivity contribution >= 4 is 23.8 Å². The van der Waals surface area contributed by atoms with Crippen LogP contribution in [0.25, 0.3) is 0 Å². The zero-order valence-electron chi connectivity index (χ0n) is 14.8. The second-order valence-corrected chi connectivity index (χ2v) is 5.81. The molecular formula is C15H20F3N3O6. The van der Waals surface area contributed by atoms with E-state index in [1.165, 1.54) is 18.9 Å². The van der Waals surface area contributed by atoms with Crippen LogP contribution in [0.3, 0.4) is 0 Å². The number of nitrogens with one attached hydrogen (secondary N) is 1. The Balaban J connectivity index is 3.09. The van der Waals surface area contributed by atoms with Gasteiger partial charge in [0.1, 0.15) is 0 Å². The molecule has 0 bridgehead atoms. The highest BCUT2D eigenvalue weighted by Gasteiger charge is 2.45. The minimum Gasteiger partial charge on any atom is -0.471 e. The summed E-state index contributed by atoms with van der Waals surface area (Å²) in [5.41, 5.74) is 5.82. The van der Waals surface area contributed by atoms with Crippen LogP contribution >= 0.6 is 0 Å². The summed E-state index contributed by atoms with van der Waals surface area (Å²) in [6.45, 7) is 3.28. The van der Waals surface area contributed by atoms with Crippen molar-refractivity contribution in [3.63, 3.8) is 0 Å². The Bertz CT molecular complexity index is 649. The summed E-state index contributed by atoms with van der Waals surface area (Å²) in [6.07, 6.45) is -5.41. The van der Waals surface area contributed by atoms with Crippen molar-refractivity contribution in [3.05, 3.63) is 11.8 Å². The Morgan fingerprint density at radius 3 is 2.41 bits per heavy atom. The monoisotopic (exact) mass is 395 g/mol. The average Bonchev–Trinajstić information content (AvgIpc) is 2.54. The molecule has 0 spiro atoms. The van der Waals surface area contributed by atoms with E-state index in [9.17, 15) is 32.3 Å². The van der Waals surface area contributed by atoms with Gasteiger partial charge in [0.2, 0.25) is 11.7 Å². The van der Waals surface area contributed by atoms with Gasteiger partial charge in [0, 0.05) is 20.5 Å². The maximum atomic E-state index is 12.5. The van der Waals surface area contributed by atoms with Gasteiger partial charge in [-0.3, -0.25) is 9.59 Å². The summed E-state index contributed by atoms with van der Waals surface area (Å²) >= 11 is 0. The van der Waals surface area contributed by atoms with E-state index in [0.717, 1.165) is 6.08 Å². The van der Waals surface area contributed by atoms with Gasteiger partial charge in [0.15, 0.2) is 6.10 Å². The predicted molar refractivity (Wildman–Crippen MR) is 83.6 cm³/mol. The van der Waals surface area contributed by atoms with Crippen molar-refractivity contribution in [2.75, 3.05) is 13.6 Å². The summed E-state index contributed by atoms with van der Waals surface area (Å²) in [7, 11) is 1.44. The van der Waals surface area contributed by atoms with Crippen molar-refractivity contribution in [1.82, 2.24) is 10.2 Å². The van der Waals surface area contributed by atoms with Crippen molar-refractivity contribution in [3.8, 4) is 0 Å². The molecule has 0 saturated heterocycles. The van der Waals surface area contributed by atoms with Gasteiger partial charge >= 0.3 is 18.1 Å². The largest absolute Gasteiger partial charge is 0.491 e. The number of hydrogen-bond donors (Lipinski definition) is 2. The Kier molecular flexibility index (Phi) is 7.34. The molecule has 3 atom stereocenters. The number of hydrogen-bond acceptors (Lipinski definition) is 7. The van der Waals surface area contributed by atoms with Crippen LogP contribution in [0.1, 0.15) is 20.3 Å². The highest BCUT2D eigenvalue weighted by atomic mass is 19.4. The molecule has 0 aliphatic carbocycles. The molecule has 2 amide bonds. The fourth-order valence-corrected chi connectivity index (χ4v) is 2.31. The molecule has 0 saturated carbocycles. The van der Waals surface area contributed by atoms with Crippen molar-refractivity contribution in [2.45, 2.75) is 44.6 Å². The minimum absolute atomic E-state index is 0.316. The molecule has 0 radical (unpaired) electrons. The van der Waals surface area contributed by atoms with E-state index in [1.54, 1.807) is 6.92 Å². The molecule has 152 valence electrons. The van der Waals surface area contributed by atoms with Gasteiger partial charge in [-0.2, -0.15) is 13.2 Å². The number of carbonyl (C=O) groups is 4. The topological polar surface area (TPSA) is 128 Å². The summed E-state index contributed by atoms with van der Waals surface area (Å²) in [5.74, 6) is -6.51. The van der Waals surface area contributed by atoms with Gasteiger partial charge in [-0.05, 0) is 12.5 Å². The number of nitrogens with zero attached hydrogens (tertiary/aromatic N) is 1. The molecule has 1 rings (SSSR count). The first-order chi connectivity index (χ1) is 12.4. The number of halogens is 3. The lowest BCUT2D eigenvalue weighted by molar-refractivity contribution is -0.202. The number of nitrogens with two attached hydrogens (primary N) is 1. The molecule has 27 heavy (non-hydrogen) atoms. The summed E-state index contributed by atoms with van der Waals surface area (Å²) in [6, 6.07) is -2.24. The Labute approximate surface area is 152 Å². The summed E-state index contributed by atoms with van der Waals surface area (Å²) in [5, 5.41) is 2.40. The van der Waals surface area contributed by atoms with E-state index in [-0.39, 0.29) is 0 Å². The molecule has 0 unspecified atom stereocenters. The molecule has 0 aromatic heterocycles. The standard InChI is InChI=1S/C15H20F3N3O6/c1-4-5-21(3)12(23)11-10(20-7(2)22)8(19)6-9(26-11)13(24)27-14(25)15(16,17)18/h6,8,10-11H,4-5,19H2,1-3H3,(H,20,22)/t8-,10+,11+/m0/s1. The number of likely N-dealkylation sites (N-methyl/N-ethyl adjacent to an activating group) is 1. The first-order valence-electron chi connectivity index (χ1n) is 7.88. The molecule has 0 fully saturated rings. The lowest BCUT2D eigenvalue weighted by Gasteiger charge is -2.36. The minimum atomic E-state index is -5.39. The average molecular weight is 395 g/mol. The van der Waals surface area contributed by atoms with Crippen LogP contribution in [-0.2, 0) is 28.7 Å². The molecular weight excluding hydrogens is 375 g/mol. The third-order valence-corrected chi connectivity index (χ3v) is 3.51. The number of amides is 2. The van der Waals surface area contributed by atoms with Crippen LogP contribution in [0.4, 0.5) is 13.2 Å². The zero-order valence-corrected chi connectivity index (χ0v) is 14.8. The van der Waals surface area contributed by atoms with Gasteiger partial charge in [0.25, 0.3) is 5.91 Å². The lowest BCUT2D eigenvalue weighted by atomic mass is 9.97. The molecule has 1 aliphatic heterocycles. The fraction of sp³-hybridized carbons (Fsp3) is 0.600. The van der Waals surface area contributed by atoms with Gasteiger partial charge in [0.05, 0.1) is 12.1 Å². The van der Waals surface area contributed by atoms with Crippen LogP contribution in [0.15, 0.2) is 11.8 Å². The first-order valence-corrected chi connectivity index (χ1v) is 7.88. The second kappa shape index (κ2) is 8.84. The zero-order chi connectivity index (χ0) is 20.9. The van der Waals surface area contributed by atoms with E-state index in [2.05, 4.69) is 10.1 Å². The molecule has 9 nitrogen and oxygen atoms in total. The van der Waals surface area contributed by atoms with Crippen molar-refractivity contribution < 1.29 is 41.8 Å². The number of esters is 2. The van der Waals surface area contributed by atoms with E-state index in [0.29, 0.717) is 13.0 Å². The normalized spacial score (nSPS) is 22.2. The smallest absolute Gasteiger partial charge is 0.471 e. The SMILES string of the molecule is CCCN(C)C(=O)[C@@H]1OC(C(=O)OC(=O)C(F)(F)F)=C[C@H](N)[C@H]1NC(C)=O. The van der Waals surface area contributed by atoms with Crippen LogP contribution in [0, 0.1) is 0 Å². The van der Waals surface area contributed by atoms with Crippen molar-refractivity contribution in [2.24, 2.45) is 5.73 Å². The van der Waals surface area contributed by atoms with Gasteiger partial charge in [-0.1, -0.05) is 6.92 Å². The molecule has 1 heterocycles.